The zero-order chi connectivity index (χ0) is 15.9. The molecule has 8 heteroatoms. The molecule has 1 aromatic heterocycles. The molecule has 0 fully saturated rings. The predicted octanol–water partition coefficient (Wildman–Crippen LogP) is 0.439. The largest absolute Gasteiger partial charge is 0.480 e. The molecule has 0 saturated carbocycles. The molecule has 0 atom stereocenters. The van der Waals surface area contributed by atoms with Crippen molar-refractivity contribution in [3.05, 3.63) is 47.3 Å². The quantitative estimate of drug-likeness (QED) is 0.768. The Kier molecular flexibility index (Phi) is 5.21. The fourth-order valence-corrected chi connectivity index (χ4v) is 1.88. The van der Waals surface area contributed by atoms with E-state index in [4.69, 9.17) is 9.84 Å². The summed E-state index contributed by atoms with van der Waals surface area (Å²) in [5, 5.41) is 18.8. The van der Waals surface area contributed by atoms with Gasteiger partial charge in [-0.05, 0) is 17.7 Å². The molecule has 1 heterocycles. The topological polar surface area (TPSA) is 106 Å². The van der Waals surface area contributed by atoms with Crippen molar-refractivity contribution in [1.29, 1.82) is 0 Å². The number of carbonyl (C=O) groups is 2. The van der Waals surface area contributed by atoms with Crippen molar-refractivity contribution in [3.8, 4) is 0 Å². The minimum absolute atomic E-state index is 0.174. The van der Waals surface area contributed by atoms with Crippen LogP contribution < -0.4 is 5.32 Å². The van der Waals surface area contributed by atoms with E-state index in [0.29, 0.717) is 17.9 Å². The van der Waals surface area contributed by atoms with Gasteiger partial charge in [0, 0.05) is 12.7 Å². The van der Waals surface area contributed by atoms with Crippen molar-refractivity contribution in [2.45, 2.75) is 19.7 Å². The zero-order valence-corrected chi connectivity index (χ0v) is 12.0. The number of carboxylic acid groups (broad SMARTS) is 1. The average Bonchev–Trinajstić information content (AvgIpc) is 2.92. The number of hydrogen-bond donors (Lipinski definition) is 2. The van der Waals surface area contributed by atoms with Gasteiger partial charge in [-0.15, -0.1) is 5.10 Å². The number of aromatic nitrogens is 3. The van der Waals surface area contributed by atoms with Gasteiger partial charge < -0.3 is 15.2 Å². The molecule has 2 aromatic rings. The fourth-order valence-electron chi connectivity index (χ4n) is 1.88. The minimum atomic E-state index is -1.00. The minimum Gasteiger partial charge on any atom is -0.480 e. The molecule has 2 N–H and O–H groups in total. The predicted molar refractivity (Wildman–Crippen MR) is 76.0 cm³/mol. The summed E-state index contributed by atoms with van der Waals surface area (Å²) in [4.78, 5) is 22.6. The average molecular weight is 304 g/mol. The van der Waals surface area contributed by atoms with Crippen LogP contribution in [0.15, 0.2) is 30.5 Å². The third-order valence-electron chi connectivity index (χ3n) is 2.81. The van der Waals surface area contributed by atoms with Crippen molar-refractivity contribution in [3.63, 3.8) is 0 Å². The summed E-state index contributed by atoms with van der Waals surface area (Å²) >= 11 is 0. The third-order valence-corrected chi connectivity index (χ3v) is 2.81. The van der Waals surface area contributed by atoms with Crippen molar-refractivity contribution in [2.75, 3.05) is 7.11 Å². The highest BCUT2D eigenvalue weighted by Gasteiger charge is 2.08. The van der Waals surface area contributed by atoms with Crippen molar-refractivity contribution >= 4 is 11.9 Å². The molecular weight excluding hydrogens is 288 g/mol. The van der Waals surface area contributed by atoms with Crippen LogP contribution in [0.25, 0.3) is 0 Å². The number of aliphatic carboxylic acids is 1. The molecule has 0 unspecified atom stereocenters. The number of carbonyl (C=O) groups excluding carboxylic acids is 1. The van der Waals surface area contributed by atoms with Gasteiger partial charge in [0.2, 0.25) is 0 Å². The van der Waals surface area contributed by atoms with Crippen molar-refractivity contribution in [1.82, 2.24) is 20.3 Å². The lowest BCUT2D eigenvalue weighted by atomic mass is 10.1. The highest BCUT2D eigenvalue weighted by atomic mass is 16.5. The van der Waals surface area contributed by atoms with Crippen LogP contribution in [-0.4, -0.2) is 39.1 Å². The normalized spacial score (nSPS) is 10.4. The molecule has 8 nitrogen and oxygen atoms in total. The van der Waals surface area contributed by atoms with Crippen LogP contribution in [0, 0.1) is 0 Å². The van der Waals surface area contributed by atoms with E-state index >= 15 is 0 Å². The molecule has 0 radical (unpaired) electrons. The smallest absolute Gasteiger partial charge is 0.325 e. The first-order valence-electron chi connectivity index (χ1n) is 6.55. The maximum Gasteiger partial charge on any atom is 0.325 e. The van der Waals surface area contributed by atoms with Crippen LogP contribution in [0.4, 0.5) is 0 Å². The van der Waals surface area contributed by atoms with Gasteiger partial charge in [-0.3, -0.25) is 9.59 Å². The van der Waals surface area contributed by atoms with Crippen molar-refractivity contribution < 1.29 is 19.4 Å². The summed E-state index contributed by atoms with van der Waals surface area (Å²) in [5.74, 6) is -1.25. The second-order valence-corrected chi connectivity index (χ2v) is 4.62. The number of rotatable bonds is 7. The Morgan fingerprint density at radius 2 is 2.23 bits per heavy atom. The van der Waals surface area contributed by atoms with Crippen LogP contribution in [0.5, 0.6) is 0 Å². The maximum absolute atomic E-state index is 12.1. The van der Waals surface area contributed by atoms with Gasteiger partial charge in [-0.1, -0.05) is 17.3 Å². The lowest BCUT2D eigenvalue weighted by molar-refractivity contribution is -0.137. The lowest BCUT2D eigenvalue weighted by Gasteiger charge is -2.05. The number of benzene rings is 1. The summed E-state index contributed by atoms with van der Waals surface area (Å²) < 4.78 is 6.22. The number of ether oxygens (including phenoxy) is 1. The molecule has 116 valence electrons. The molecule has 0 spiro atoms. The summed E-state index contributed by atoms with van der Waals surface area (Å²) in [6, 6.07) is 7.11. The monoisotopic (exact) mass is 304 g/mol. The van der Waals surface area contributed by atoms with Gasteiger partial charge >= 0.3 is 5.97 Å². The van der Waals surface area contributed by atoms with E-state index in [1.165, 1.54) is 10.9 Å². The second kappa shape index (κ2) is 7.32. The molecule has 0 bridgehead atoms. The molecule has 0 aliphatic heterocycles. The van der Waals surface area contributed by atoms with E-state index in [-0.39, 0.29) is 19.0 Å². The first-order chi connectivity index (χ1) is 10.6. The summed E-state index contributed by atoms with van der Waals surface area (Å²) in [6.07, 6.45) is 1.48. The first-order valence-corrected chi connectivity index (χ1v) is 6.55. The number of methoxy groups -OCH3 is 1. The Morgan fingerprint density at radius 3 is 2.95 bits per heavy atom. The van der Waals surface area contributed by atoms with Crippen LogP contribution in [0.2, 0.25) is 0 Å². The van der Waals surface area contributed by atoms with E-state index in [0.717, 1.165) is 5.56 Å². The Balaban J connectivity index is 1.93. The highest BCUT2D eigenvalue weighted by molar-refractivity contribution is 5.94. The van der Waals surface area contributed by atoms with E-state index in [9.17, 15) is 9.59 Å². The fraction of sp³-hybridized carbons (Fsp3) is 0.286. The first kappa shape index (κ1) is 15.6. The van der Waals surface area contributed by atoms with E-state index < -0.39 is 5.97 Å². The van der Waals surface area contributed by atoms with E-state index in [1.807, 2.05) is 6.07 Å². The Bertz CT molecular complexity index is 668. The zero-order valence-electron chi connectivity index (χ0n) is 12.0. The third kappa shape index (κ3) is 4.38. The van der Waals surface area contributed by atoms with Gasteiger partial charge in [-0.2, -0.15) is 0 Å². The van der Waals surface area contributed by atoms with E-state index in [1.54, 1.807) is 25.3 Å². The van der Waals surface area contributed by atoms with Gasteiger partial charge in [-0.25, -0.2) is 4.68 Å². The van der Waals surface area contributed by atoms with Crippen molar-refractivity contribution in [2.24, 2.45) is 0 Å². The molecule has 2 rings (SSSR count). The summed E-state index contributed by atoms with van der Waals surface area (Å²) in [7, 11) is 1.59. The molecule has 22 heavy (non-hydrogen) atoms. The summed E-state index contributed by atoms with van der Waals surface area (Å²) in [6.45, 7) is 0.345. The lowest BCUT2D eigenvalue weighted by Crippen LogP contribution is -2.23. The Hall–Kier alpha value is -2.74. The highest BCUT2D eigenvalue weighted by Crippen LogP contribution is 2.06. The number of hydrogen-bond acceptors (Lipinski definition) is 5. The van der Waals surface area contributed by atoms with Gasteiger partial charge in [0.05, 0.1) is 19.3 Å². The summed E-state index contributed by atoms with van der Waals surface area (Å²) in [5.41, 5.74) is 1.91. The molecule has 0 aliphatic rings. The number of nitrogens with zero attached hydrogens (tertiary/aromatic N) is 3. The Morgan fingerprint density at radius 1 is 1.41 bits per heavy atom. The standard InChI is InChI=1S/C14H16N4O4/c1-22-9-10-3-2-4-11(5-10)14(21)15-6-12-7-18(17-16-12)8-13(19)20/h2-5,7H,6,8-9H2,1H3,(H,15,21)(H,19,20). The molecule has 0 saturated heterocycles. The SMILES string of the molecule is COCc1cccc(C(=O)NCc2cn(CC(=O)O)nn2)c1. The van der Waals surface area contributed by atoms with Crippen LogP contribution in [0.1, 0.15) is 21.6 Å². The number of nitrogens with one attached hydrogen (secondary N) is 1. The molecular formula is C14H16N4O4. The van der Waals surface area contributed by atoms with Crippen LogP contribution in [-0.2, 0) is 29.2 Å². The Labute approximate surface area is 126 Å². The maximum atomic E-state index is 12.1. The van der Waals surface area contributed by atoms with Gasteiger partial charge in [0.25, 0.3) is 5.91 Å². The van der Waals surface area contributed by atoms with Gasteiger partial charge in [0.15, 0.2) is 0 Å². The van der Waals surface area contributed by atoms with Crippen LogP contribution in [0.3, 0.4) is 0 Å². The van der Waals surface area contributed by atoms with Gasteiger partial charge in [0.1, 0.15) is 12.2 Å². The molecule has 0 aliphatic carbocycles. The second-order valence-electron chi connectivity index (χ2n) is 4.62. The van der Waals surface area contributed by atoms with Crippen LogP contribution >= 0.6 is 0 Å². The molecule has 1 aromatic carbocycles. The van der Waals surface area contributed by atoms with E-state index in [2.05, 4.69) is 15.6 Å². The molecule has 1 amide bonds. The number of amides is 1. The number of carboxylic acids is 1.